The molecular weight excluding hydrogens is 238 g/mol. The smallest absolute Gasteiger partial charge is 0.236 e. The van der Waals surface area contributed by atoms with E-state index in [1.54, 1.807) is 0 Å². The molecule has 4 nitrogen and oxygen atoms in total. The zero-order valence-electron chi connectivity index (χ0n) is 12.8. The van der Waals surface area contributed by atoms with E-state index in [1.807, 2.05) is 0 Å². The molecule has 0 aromatic heterocycles. The number of nitrogens with two attached hydrogens (primary N) is 1. The summed E-state index contributed by atoms with van der Waals surface area (Å²) in [5, 5.41) is 2.97. The van der Waals surface area contributed by atoms with Crippen LogP contribution in [0.4, 0.5) is 0 Å². The maximum Gasteiger partial charge on any atom is 0.236 e. The summed E-state index contributed by atoms with van der Waals surface area (Å²) in [4.78, 5) is 14.3. The van der Waals surface area contributed by atoms with Crippen molar-refractivity contribution in [2.45, 2.75) is 65.0 Å². The highest BCUT2D eigenvalue weighted by atomic mass is 16.2. The maximum atomic E-state index is 11.8. The lowest BCUT2D eigenvalue weighted by Gasteiger charge is -2.35. The fourth-order valence-electron chi connectivity index (χ4n) is 2.89. The van der Waals surface area contributed by atoms with Gasteiger partial charge in [-0.1, -0.05) is 27.2 Å². The van der Waals surface area contributed by atoms with E-state index in [0.717, 1.165) is 19.5 Å². The van der Waals surface area contributed by atoms with Crippen LogP contribution in [0.1, 0.15) is 52.9 Å². The normalized spacial score (nSPS) is 22.5. The SMILES string of the molecule is CCC1CCCCN1CCNC(=O)[C@@H](N)CC(C)C. The van der Waals surface area contributed by atoms with E-state index in [1.165, 1.54) is 32.2 Å². The topological polar surface area (TPSA) is 58.4 Å². The predicted octanol–water partition coefficient (Wildman–Crippen LogP) is 1.74. The van der Waals surface area contributed by atoms with E-state index in [2.05, 4.69) is 31.0 Å². The Bertz CT molecular complexity index is 268. The lowest BCUT2D eigenvalue weighted by molar-refractivity contribution is -0.122. The summed E-state index contributed by atoms with van der Waals surface area (Å²) >= 11 is 0. The van der Waals surface area contributed by atoms with Crippen LogP contribution in [-0.4, -0.2) is 42.5 Å². The summed E-state index contributed by atoms with van der Waals surface area (Å²) in [6.07, 6.45) is 5.91. The first-order valence-electron chi connectivity index (χ1n) is 7.82. The Morgan fingerprint density at radius 3 is 2.79 bits per heavy atom. The second-order valence-electron chi connectivity index (χ2n) is 6.12. The Hall–Kier alpha value is -0.610. The minimum absolute atomic E-state index is 0.00115. The van der Waals surface area contributed by atoms with Crippen LogP contribution in [0.15, 0.2) is 0 Å². The van der Waals surface area contributed by atoms with E-state index < -0.39 is 0 Å². The molecule has 1 rings (SSSR count). The Morgan fingerprint density at radius 1 is 1.42 bits per heavy atom. The number of rotatable bonds is 7. The first-order chi connectivity index (χ1) is 9.04. The number of carbonyl (C=O) groups is 1. The van der Waals surface area contributed by atoms with Crippen molar-refractivity contribution in [1.82, 2.24) is 10.2 Å². The van der Waals surface area contributed by atoms with Crippen molar-refractivity contribution in [3.63, 3.8) is 0 Å². The van der Waals surface area contributed by atoms with Gasteiger partial charge in [-0.15, -0.1) is 0 Å². The van der Waals surface area contributed by atoms with E-state index >= 15 is 0 Å². The summed E-state index contributed by atoms with van der Waals surface area (Å²) in [6, 6.07) is 0.346. The van der Waals surface area contributed by atoms with Crippen molar-refractivity contribution in [2.24, 2.45) is 11.7 Å². The van der Waals surface area contributed by atoms with E-state index in [9.17, 15) is 4.79 Å². The molecule has 0 saturated carbocycles. The van der Waals surface area contributed by atoms with Gasteiger partial charge in [0.05, 0.1) is 6.04 Å². The van der Waals surface area contributed by atoms with Gasteiger partial charge < -0.3 is 11.1 Å². The molecule has 1 aliphatic rings. The summed E-state index contributed by atoms with van der Waals surface area (Å²) in [5.74, 6) is 0.464. The van der Waals surface area contributed by atoms with Gasteiger partial charge in [-0.05, 0) is 38.1 Å². The molecule has 0 aliphatic carbocycles. The van der Waals surface area contributed by atoms with Crippen molar-refractivity contribution in [3.8, 4) is 0 Å². The molecule has 112 valence electrons. The van der Waals surface area contributed by atoms with Crippen LogP contribution >= 0.6 is 0 Å². The van der Waals surface area contributed by atoms with Crippen LogP contribution in [-0.2, 0) is 4.79 Å². The molecule has 0 spiro atoms. The van der Waals surface area contributed by atoms with Crippen molar-refractivity contribution in [3.05, 3.63) is 0 Å². The Balaban J connectivity index is 2.23. The average molecular weight is 269 g/mol. The largest absolute Gasteiger partial charge is 0.353 e. The van der Waals surface area contributed by atoms with Gasteiger partial charge in [0.1, 0.15) is 0 Å². The number of likely N-dealkylation sites (tertiary alicyclic amines) is 1. The molecule has 1 aliphatic heterocycles. The number of hydrogen-bond donors (Lipinski definition) is 2. The first kappa shape index (κ1) is 16.4. The summed E-state index contributed by atoms with van der Waals surface area (Å²) in [5.41, 5.74) is 5.87. The zero-order valence-corrected chi connectivity index (χ0v) is 12.8. The summed E-state index contributed by atoms with van der Waals surface area (Å²) < 4.78 is 0. The van der Waals surface area contributed by atoms with Crippen molar-refractivity contribution in [2.75, 3.05) is 19.6 Å². The molecule has 19 heavy (non-hydrogen) atoms. The maximum absolute atomic E-state index is 11.8. The molecule has 0 aromatic carbocycles. The standard InChI is InChI=1S/C15H31N3O/c1-4-13-7-5-6-9-18(13)10-8-17-15(19)14(16)11-12(2)3/h12-14H,4-11,16H2,1-3H3,(H,17,19)/t13?,14-/m0/s1. The molecule has 1 saturated heterocycles. The lowest BCUT2D eigenvalue weighted by Crippen LogP contribution is -2.47. The number of amides is 1. The number of hydrogen-bond acceptors (Lipinski definition) is 3. The molecule has 1 heterocycles. The van der Waals surface area contributed by atoms with Crippen LogP contribution < -0.4 is 11.1 Å². The fraction of sp³-hybridized carbons (Fsp3) is 0.933. The van der Waals surface area contributed by atoms with Crippen LogP contribution in [0, 0.1) is 5.92 Å². The number of nitrogens with zero attached hydrogens (tertiary/aromatic N) is 1. The van der Waals surface area contributed by atoms with Gasteiger partial charge in [0, 0.05) is 19.1 Å². The second-order valence-corrected chi connectivity index (χ2v) is 6.12. The van der Waals surface area contributed by atoms with E-state index in [-0.39, 0.29) is 11.9 Å². The highest BCUT2D eigenvalue weighted by Crippen LogP contribution is 2.18. The van der Waals surface area contributed by atoms with Gasteiger partial charge in [-0.3, -0.25) is 9.69 Å². The van der Waals surface area contributed by atoms with Crippen molar-refractivity contribution < 1.29 is 4.79 Å². The number of carbonyl (C=O) groups excluding carboxylic acids is 1. The lowest BCUT2D eigenvalue weighted by atomic mass is 10.0. The molecule has 3 N–H and O–H groups in total. The van der Waals surface area contributed by atoms with Gasteiger partial charge in [0.2, 0.25) is 5.91 Å². The van der Waals surface area contributed by atoms with Crippen molar-refractivity contribution >= 4 is 5.91 Å². The predicted molar refractivity (Wildman–Crippen MR) is 79.9 cm³/mol. The molecule has 0 aromatic rings. The Labute approximate surface area is 118 Å². The number of piperidine rings is 1. The third kappa shape index (κ3) is 5.91. The monoisotopic (exact) mass is 269 g/mol. The van der Waals surface area contributed by atoms with Crippen molar-refractivity contribution in [1.29, 1.82) is 0 Å². The minimum Gasteiger partial charge on any atom is -0.353 e. The van der Waals surface area contributed by atoms with Crippen LogP contribution in [0.25, 0.3) is 0 Å². The molecule has 1 fully saturated rings. The third-order valence-corrected chi connectivity index (χ3v) is 3.98. The highest BCUT2D eigenvalue weighted by Gasteiger charge is 2.20. The Kier molecular flexibility index (Phi) is 7.39. The molecule has 4 heteroatoms. The van der Waals surface area contributed by atoms with E-state index in [0.29, 0.717) is 12.0 Å². The molecule has 0 bridgehead atoms. The first-order valence-corrected chi connectivity index (χ1v) is 7.82. The quantitative estimate of drug-likeness (QED) is 0.740. The Morgan fingerprint density at radius 2 is 2.16 bits per heavy atom. The third-order valence-electron chi connectivity index (χ3n) is 3.98. The number of nitrogens with one attached hydrogen (secondary N) is 1. The van der Waals surface area contributed by atoms with Crippen LogP contribution in [0.3, 0.4) is 0 Å². The summed E-state index contributed by atoms with van der Waals surface area (Å²) in [7, 11) is 0. The molecule has 1 unspecified atom stereocenters. The van der Waals surface area contributed by atoms with Gasteiger partial charge in [-0.25, -0.2) is 0 Å². The molecule has 2 atom stereocenters. The van der Waals surface area contributed by atoms with Gasteiger partial charge in [0.15, 0.2) is 0 Å². The van der Waals surface area contributed by atoms with E-state index in [4.69, 9.17) is 5.73 Å². The van der Waals surface area contributed by atoms with Gasteiger partial charge in [0.25, 0.3) is 0 Å². The summed E-state index contributed by atoms with van der Waals surface area (Å²) in [6.45, 7) is 9.28. The van der Waals surface area contributed by atoms with Gasteiger partial charge >= 0.3 is 0 Å². The molecular formula is C15H31N3O. The minimum atomic E-state index is -0.358. The van der Waals surface area contributed by atoms with Crippen LogP contribution in [0.5, 0.6) is 0 Å². The van der Waals surface area contributed by atoms with Crippen LogP contribution in [0.2, 0.25) is 0 Å². The molecule has 1 amide bonds. The highest BCUT2D eigenvalue weighted by molar-refractivity contribution is 5.81. The van der Waals surface area contributed by atoms with Gasteiger partial charge in [-0.2, -0.15) is 0 Å². The molecule has 0 radical (unpaired) electrons. The second kappa shape index (κ2) is 8.54. The zero-order chi connectivity index (χ0) is 14.3. The average Bonchev–Trinajstić information content (AvgIpc) is 2.38. The fourth-order valence-corrected chi connectivity index (χ4v) is 2.89.